The van der Waals surface area contributed by atoms with Crippen molar-refractivity contribution in [3.05, 3.63) is 0 Å². The molecule has 1 rings (SSSR count). The zero-order valence-corrected chi connectivity index (χ0v) is 7.10. The molecule has 0 spiro atoms. The van der Waals surface area contributed by atoms with Gasteiger partial charge in [-0.05, 0) is 19.3 Å². The Kier molecular flexibility index (Phi) is 2.86. The Morgan fingerprint density at radius 2 is 2.09 bits per heavy atom. The summed E-state index contributed by atoms with van der Waals surface area (Å²) in [5, 5.41) is 8.23. The van der Waals surface area contributed by atoms with Crippen LogP contribution >= 0.6 is 0 Å². The second-order valence-electron chi connectivity index (χ2n) is 2.72. The van der Waals surface area contributed by atoms with Crippen LogP contribution in [0.1, 0.15) is 19.3 Å². The second-order valence-corrected chi connectivity index (χ2v) is 4.76. The highest BCUT2D eigenvalue weighted by Gasteiger charge is 2.34. The Morgan fingerprint density at radius 1 is 1.45 bits per heavy atom. The standard InChI is InChI=1S/C6H13NO3S/c8-5-1-4-7-11(9,10)6-2-3-6/h6-8H,1-5H2. The Hall–Kier alpha value is -0.130. The Labute approximate surface area is 66.7 Å². The van der Waals surface area contributed by atoms with Crippen LogP contribution in [0.4, 0.5) is 0 Å². The van der Waals surface area contributed by atoms with Gasteiger partial charge in [-0.1, -0.05) is 0 Å². The van der Waals surface area contributed by atoms with Crippen LogP contribution in [0.25, 0.3) is 0 Å². The van der Waals surface area contributed by atoms with Gasteiger partial charge < -0.3 is 5.11 Å². The summed E-state index contributed by atoms with van der Waals surface area (Å²) in [6, 6.07) is 0. The maximum Gasteiger partial charge on any atom is 0.214 e. The number of aliphatic hydroxyl groups excluding tert-OH is 1. The van der Waals surface area contributed by atoms with Crippen LogP contribution in [0.2, 0.25) is 0 Å². The fraction of sp³-hybridized carbons (Fsp3) is 1.00. The lowest BCUT2D eigenvalue weighted by Gasteiger charge is -2.02. The monoisotopic (exact) mass is 179 g/mol. The topological polar surface area (TPSA) is 66.4 Å². The Morgan fingerprint density at radius 3 is 2.55 bits per heavy atom. The molecule has 0 saturated heterocycles. The van der Waals surface area contributed by atoms with Crippen molar-refractivity contribution in [3.8, 4) is 0 Å². The molecule has 0 atom stereocenters. The molecule has 2 N–H and O–H groups in total. The van der Waals surface area contributed by atoms with Gasteiger partial charge in [0.1, 0.15) is 0 Å². The molecule has 1 fully saturated rings. The average Bonchev–Trinajstić information content (AvgIpc) is 2.68. The molecule has 0 aromatic carbocycles. The van der Waals surface area contributed by atoms with Crippen LogP contribution in [-0.2, 0) is 10.0 Å². The van der Waals surface area contributed by atoms with Crippen molar-refractivity contribution in [2.75, 3.05) is 13.2 Å². The van der Waals surface area contributed by atoms with Crippen molar-refractivity contribution >= 4 is 10.0 Å². The second kappa shape index (κ2) is 3.51. The van der Waals surface area contributed by atoms with Gasteiger partial charge in [0, 0.05) is 13.2 Å². The van der Waals surface area contributed by atoms with Crippen molar-refractivity contribution in [3.63, 3.8) is 0 Å². The van der Waals surface area contributed by atoms with E-state index >= 15 is 0 Å². The zero-order chi connectivity index (χ0) is 8.32. The van der Waals surface area contributed by atoms with Gasteiger partial charge in [0.25, 0.3) is 0 Å². The van der Waals surface area contributed by atoms with Crippen LogP contribution in [-0.4, -0.2) is 31.9 Å². The number of rotatable bonds is 5. The van der Waals surface area contributed by atoms with Crippen molar-refractivity contribution in [1.29, 1.82) is 0 Å². The largest absolute Gasteiger partial charge is 0.396 e. The predicted molar refractivity (Wildman–Crippen MR) is 41.6 cm³/mol. The highest BCUT2D eigenvalue weighted by Crippen LogP contribution is 2.27. The van der Waals surface area contributed by atoms with E-state index in [9.17, 15) is 8.42 Å². The normalized spacial score (nSPS) is 18.6. The zero-order valence-electron chi connectivity index (χ0n) is 6.28. The lowest BCUT2D eigenvalue weighted by Crippen LogP contribution is -2.28. The quantitative estimate of drug-likeness (QED) is 0.556. The van der Waals surface area contributed by atoms with E-state index in [-0.39, 0.29) is 11.9 Å². The SMILES string of the molecule is O=S(=O)(NCCCO)C1CC1. The van der Waals surface area contributed by atoms with Crippen LogP contribution in [0, 0.1) is 0 Å². The van der Waals surface area contributed by atoms with Gasteiger partial charge in [0.05, 0.1) is 5.25 Å². The van der Waals surface area contributed by atoms with Gasteiger partial charge in [-0.25, -0.2) is 13.1 Å². The number of aliphatic hydroxyl groups is 1. The van der Waals surface area contributed by atoms with Gasteiger partial charge in [0.2, 0.25) is 10.0 Å². The molecular formula is C6H13NO3S. The molecule has 0 aromatic heterocycles. The first-order valence-electron chi connectivity index (χ1n) is 3.76. The van der Waals surface area contributed by atoms with E-state index in [4.69, 9.17) is 5.11 Å². The predicted octanol–water partition coefficient (Wildman–Crippen LogP) is -0.549. The van der Waals surface area contributed by atoms with E-state index in [0.717, 1.165) is 12.8 Å². The smallest absolute Gasteiger partial charge is 0.214 e. The highest BCUT2D eigenvalue weighted by molar-refractivity contribution is 7.90. The van der Waals surface area contributed by atoms with Crippen molar-refractivity contribution in [1.82, 2.24) is 4.72 Å². The van der Waals surface area contributed by atoms with E-state index in [2.05, 4.69) is 4.72 Å². The molecule has 0 heterocycles. The third kappa shape index (κ3) is 2.76. The summed E-state index contributed by atoms with van der Waals surface area (Å²) < 4.78 is 24.6. The van der Waals surface area contributed by atoms with Crippen LogP contribution < -0.4 is 4.72 Å². The number of hydrogen-bond acceptors (Lipinski definition) is 3. The van der Waals surface area contributed by atoms with Crippen molar-refractivity contribution in [2.45, 2.75) is 24.5 Å². The minimum absolute atomic E-state index is 0.0349. The van der Waals surface area contributed by atoms with Gasteiger partial charge in [-0.15, -0.1) is 0 Å². The number of sulfonamides is 1. The maximum absolute atomic E-state index is 11.1. The van der Waals surface area contributed by atoms with Crippen LogP contribution in [0.15, 0.2) is 0 Å². The molecule has 0 aliphatic heterocycles. The van der Waals surface area contributed by atoms with Gasteiger partial charge in [0.15, 0.2) is 0 Å². The third-order valence-corrected chi connectivity index (χ3v) is 3.56. The minimum Gasteiger partial charge on any atom is -0.396 e. The first-order valence-corrected chi connectivity index (χ1v) is 5.31. The number of hydrogen-bond donors (Lipinski definition) is 2. The summed E-state index contributed by atoms with van der Waals surface area (Å²) in [5.41, 5.74) is 0. The van der Waals surface area contributed by atoms with Gasteiger partial charge in [-0.3, -0.25) is 0 Å². The van der Waals surface area contributed by atoms with Crippen molar-refractivity contribution < 1.29 is 13.5 Å². The summed E-state index contributed by atoms with van der Waals surface area (Å²) in [6.45, 7) is 0.391. The van der Waals surface area contributed by atoms with E-state index in [0.29, 0.717) is 13.0 Å². The number of nitrogens with one attached hydrogen (secondary N) is 1. The summed E-state index contributed by atoms with van der Waals surface area (Å²) in [5.74, 6) is 0. The van der Waals surface area contributed by atoms with Crippen molar-refractivity contribution in [2.24, 2.45) is 0 Å². The maximum atomic E-state index is 11.1. The van der Waals surface area contributed by atoms with E-state index in [1.165, 1.54) is 0 Å². The summed E-state index contributed by atoms with van der Waals surface area (Å²) >= 11 is 0. The molecular weight excluding hydrogens is 166 g/mol. The third-order valence-electron chi connectivity index (χ3n) is 1.60. The molecule has 5 heteroatoms. The lowest BCUT2D eigenvalue weighted by atomic mass is 10.5. The molecule has 66 valence electrons. The molecule has 0 radical (unpaired) electrons. The first-order chi connectivity index (χ1) is 5.17. The van der Waals surface area contributed by atoms with Crippen LogP contribution in [0.3, 0.4) is 0 Å². The molecule has 11 heavy (non-hydrogen) atoms. The molecule has 0 amide bonds. The van der Waals surface area contributed by atoms with Crippen LogP contribution in [0.5, 0.6) is 0 Å². The molecule has 1 aliphatic carbocycles. The average molecular weight is 179 g/mol. The fourth-order valence-electron chi connectivity index (χ4n) is 0.790. The molecule has 1 saturated carbocycles. The molecule has 1 aliphatic rings. The minimum atomic E-state index is -3.02. The molecule has 0 unspecified atom stereocenters. The van der Waals surface area contributed by atoms with E-state index in [1.807, 2.05) is 0 Å². The highest BCUT2D eigenvalue weighted by atomic mass is 32.2. The molecule has 0 bridgehead atoms. The summed E-state index contributed by atoms with van der Waals surface area (Å²) in [4.78, 5) is 0. The van der Waals surface area contributed by atoms with Gasteiger partial charge >= 0.3 is 0 Å². The Bertz CT molecular complexity index is 208. The summed E-state index contributed by atoms with van der Waals surface area (Å²) in [6.07, 6.45) is 2.06. The first kappa shape index (κ1) is 8.96. The van der Waals surface area contributed by atoms with Gasteiger partial charge in [-0.2, -0.15) is 0 Å². The van der Waals surface area contributed by atoms with E-state index < -0.39 is 10.0 Å². The fourth-order valence-corrected chi connectivity index (χ4v) is 2.21. The lowest BCUT2D eigenvalue weighted by molar-refractivity contribution is 0.289. The molecule has 4 nitrogen and oxygen atoms in total. The Balaban J connectivity index is 2.23. The summed E-state index contributed by atoms with van der Waals surface area (Å²) in [7, 11) is -3.02. The molecule has 0 aromatic rings. The van der Waals surface area contributed by atoms with E-state index in [1.54, 1.807) is 0 Å².